The second-order valence-electron chi connectivity index (χ2n) is 5.33. The number of thioether (sulfide) groups is 2. The van der Waals surface area contributed by atoms with Crippen molar-refractivity contribution in [1.29, 1.82) is 0 Å². The number of nitrogens with zero attached hydrogens (tertiary/aromatic N) is 1. The summed E-state index contributed by atoms with van der Waals surface area (Å²) in [5.74, 6) is 0.411. The predicted octanol–water partition coefficient (Wildman–Crippen LogP) is 4.71. The van der Waals surface area contributed by atoms with Gasteiger partial charge in [0.15, 0.2) is 0 Å². The highest BCUT2D eigenvalue weighted by molar-refractivity contribution is 8.26. The van der Waals surface area contributed by atoms with Crippen LogP contribution in [0.5, 0.6) is 0 Å². The Hall–Kier alpha value is -2.09. The van der Waals surface area contributed by atoms with Crippen molar-refractivity contribution in [2.45, 2.75) is 4.90 Å². The van der Waals surface area contributed by atoms with Gasteiger partial charge in [-0.15, -0.1) is 11.8 Å². The summed E-state index contributed by atoms with van der Waals surface area (Å²) in [5.41, 5.74) is 2.72. The molecule has 1 amide bonds. The SMILES string of the molecule is CSc1ccc(-c2cncc3cc(/C=C4\SC(=S)NC4=O)oc23)cc1. The van der Waals surface area contributed by atoms with E-state index < -0.39 is 0 Å². The van der Waals surface area contributed by atoms with Gasteiger partial charge in [-0.05, 0) is 30.0 Å². The lowest BCUT2D eigenvalue weighted by Gasteiger charge is -2.03. The zero-order valence-corrected chi connectivity index (χ0v) is 15.6. The van der Waals surface area contributed by atoms with E-state index in [0.717, 1.165) is 22.1 Å². The summed E-state index contributed by atoms with van der Waals surface area (Å²) in [6.45, 7) is 0. The van der Waals surface area contributed by atoms with Crippen LogP contribution < -0.4 is 5.32 Å². The highest BCUT2D eigenvalue weighted by atomic mass is 32.2. The van der Waals surface area contributed by atoms with Crippen molar-refractivity contribution in [2.75, 3.05) is 6.26 Å². The van der Waals surface area contributed by atoms with Gasteiger partial charge in [-0.3, -0.25) is 9.78 Å². The van der Waals surface area contributed by atoms with Gasteiger partial charge in [0.05, 0.1) is 4.91 Å². The Kier molecular flexibility index (Phi) is 4.37. The van der Waals surface area contributed by atoms with Gasteiger partial charge in [0.25, 0.3) is 5.91 Å². The third-order valence-electron chi connectivity index (χ3n) is 3.76. The Bertz CT molecular complexity index is 1020. The van der Waals surface area contributed by atoms with Crippen molar-refractivity contribution in [2.24, 2.45) is 0 Å². The van der Waals surface area contributed by atoms with Crippen LogP contribution >= 0.6 is 35.7 Å². The zero-order valence-electron chi connectivity index (χ0n) is 13.1. The van der Waals surface area contributed by atoms with Crippen molar-refractivity contribution < 1.29 is 9.21 Å². The molecule has 4 rings (SSSR count). The van der Waals surface area contributed by atoms with Gasteiger partial charge >= 0.3 is 0 Å². The average Bonchev–Trinajstić information content (AvgIpc) is 3.17. The molecule has 3 aromatic rings. The minimum atomic E-state index is -0.193. The summed E-state index contributed by atoms with van der Waals surface area (Å²) in [7, 11) is 0. The molecule has 0 bridgehead atoms. The first-order valence-corrected chi connectivity index (χ1v) is 9.86. The maximum Gasteiger partial charge on any atom is 0.263 e. The highest BCUT2D eigenvalue weighted by Crippen LogP contribution is 2.33. The fourth-order valence-corrected chi connectivity index (χ4v) is 4.01. The first-order chi connectivity index (χ1) is 12.1. The average molecular weight is 385 g/mol. The van der Waals surface area contributed by atoms with Crippen molar-refractivity contribution in [1.82, 2.24) is 10.3 Å². The number of thiocarbonyl (C=S) groups is 1. The van der Waals surface area contributed by atoms with Crippen LogP contribution in [0.2, 0.25) is 0 Å². The molecule has 124 valence electrons. The number of hydrogen-bond donors (Lipinski definition) is 1. The highest BCUT2D eigenvalue weighted by Gasteiger charge is 2.22. The largest absolute Gasteiger partial charge is 0.456 e. The molecule has 0 aliphatic carbocycles. The maximum absolute atomic E-state index is 11.8. The van der Waals surface area contributed by atoms with Crippen LogP contribution in [-0.2, 0) is 4.79 Å². The van der Waals surface area contributed by atoms with Crippen LogP contribution in [0, 0.1) is 0 Å². The van der Waals surface area contributed by atoms with E-state index in [2.05, 4.69) is 34.6 Å². The van der Waals surface area contributed by atoms with Crippen molar-refractivity contribution in [3.05, 3.63) is 53.4 Å². The standard InChI is InChI=1S/C18H12N2O2S3/c1-24-13-4-2-10(3-5-13)14-9-19-8-11-6-12(22-16(11)14)7-15-17(21)20-18(23)25-15/h2-9H,1H3,(H,20,21,23)/b15-7-. The monoisotopic (exact) mass is 384 g/mol. The van der Waals surface area contributed by atoms with E-state index >= 15 is 0 Å². The number of fused-ring (bicyclic) bond motifs is 1. The third-order valence-corrected chi connectivity index (χ3v) is 5.66. The van der Waals surface area contributed by atoms with Gasteiger partial charge < -0.3 is 9.73 Å². The van der Waals surface area contributed by atoms with Crippen molar-refractivity contribution in [3.63, 3.8) is 0 Å². The summed E-state index contributed by atoms with van der Waals surface area (Å²) in [5, 5.41) is 3.49. The third kappa shape index (κ3) is 3.22. The quantitative estimate of drug-likeness (QED) is 0.401. The lowest BCUT2D eigenvalue weighted by Crippen LogP contribution is -2.17. The zero-order chi connectivity index (χ0) is 17.4. The molecule has 1 aliphatic rings. The van der Waals surface area contributed by atoms with E-state index in [0.29, 0.717) is 15.0 Å². The van der Waals surface area contributed by atoms with Gasteiger partial charge in [0.1, 0.15) is 15.7 Å². The molecule has 0 saturated carbocycles. The molecule has 2 aromatic heterocycles. The molecule has 0 spiro atoms. The number of nitrogens with one attached hydrogen (secondary N) is 1. The van der Waals surface area contributed by atoms with Gasteiger partial charge in [-0.25, -0.2) is 0 Å². The van der Waals surface area contributed by atoms with E-state index in [-0.39, 0.29) is 5.91 Å². The molecule has 25 heavy (non-hydrogen) atoms. The molecule has 4 nitrogen and oxygen atoms in total. The summed E-state index contributed by atoms with van der Waals surface area (Å²) >= 11 is 7.94. The number of furan rings is 1. The fraction of sp³-hybridized carbons (Fsp3) is 0.0556. The van der Waals surface area contributed by atoms with Crippen LogP contribution in [0.1, 0.15) is 5.76 Å². The van der Waals surface area contributed by atoms with Crippen LogP contribution in [-0.4, -0.2) is 21.5 Å². The first-order valence-electron chi connectivity index (χ1n) is 7.41. The normalized spacial score (nSPS) is 16.0. The summed E-state index contributed by atoms with van der Waals surface area (Å²) in [6.07, 6.45) is 7.31. The number of hydrogen-bond acceptors (Lipinski definition) is 6. The molecular formula is C18H12N2O2S3. The minimum absolute atomic E-state index is 0.193. The van der Waals surface area contributed by atoms with Crippen LogP contribution in [0.3, 0.4) is 0 Å². The Morgan fingerprint density at radius 3 is 2.76 bits per heavy atom. The first kappa shape index (κ1) is 16.4. The van der Waals surface area contributed by atoms with Crippen LogP contribution in [0.4, 0.5) is 0 Å². The lowest BCUT2D eigenvalue weighted by molar-refractivity contribution is -0.115. The van der Waals surface area contributed by atoms with Gasteiger partial charge in [-0.2, -0.15) is 0 Å². The van der Waals surface area contributed by atoms with Gasteiger partial charge in [-0.1, -0.05) is 36.1 Å². The summed E-state index contributed by atoms with van der Waals surface area (Å²) in [6, 6.07) is 10.1. The van der Waals surface area contributed by atoms with Crippen molar-refractivity contribution >= 4 is 63.0 Å². The molecule has 7 heteroatoms. The number of aromatic nitrogens is 1. The number of carbonyl (C=O) groups is 1. The van der Waals surface area contributed by atoms with E-state index in [1.807, 2.05) is 12.3 Å². The van der Waals surface area contributed by atoms with E-state index in [1.54, 1.807) is 30.2 Å². The topological polar surface area (TPSA) is 55.1 Å². The predicted molar refractivity (Wildman–Crippen MR) is 108 cm³/mol. The summed E-state index contributed by atoms with van der Waals surface area (Å²) < 4.78 is 6.46. The molecule has 0 atom stereocenters. The molecular weight excluding hydrogens is 372 g/mol. The Labute approximate surface area is 158 Å². The Balaban J connectivity index is 1.77. The molecule has 1 fully saturated rings. The number of amides is 1. The Morgan fingerprint density at radius 2 is 2.08 bits per heavy atom. The second-order valence-corrected chi connectivity index (χ2v) is 7.93. The maximum atomic E-state index is 11.8. The molecule has 3 heterocycles. The number of benzene rings is 1. The van der Waals surface area contributed by atoms with E-state index in [4.69, 9.17) is 16.6 Å². The van der Waals surface area contributed by atoms with Crippen molar-refractivity contribution in [3.8, 4) is 11.1 Å². The molecule has 1 aliphatic heterocycles. The number of rotatable bonds is 3. The molecule has 1 aromatic carbocycles. The van der Waals surface area contributed by atoms with E-state index in [9.17, 15) is 4.79 Å². The van der Waals surface area contributed by atoms with Crippen LogP contribution in [0.15, 0.2) is 56.9 Å². The second kappa shape index (κ2) is 6.67. The lowest BCUT2D eigenvalue weighted by atomic mass is 10.1. The molecule has 0 unspecified atom stereocenters. The number of pyridine rings is 1. The fourth-order valence-electron chi connectivity index (χ4n) is 2.58. The molecule has 1 saturated heterocycles. The van der Waals surface area contributed by atoms with E-state index in [1.165, 1.54) is 16.7 Å². The summed E-state index contributed by atoms with van der Waals surface area (Å²) in [4.78, 5) is 17.9. The van der Waals surface area contributed by atoms with Gasteiger partial charge in [0.2, 0.25) is 0 Å². The van der Waals surface area contributed by atoms with Gasteiger partial charge in [0, 0.05) is 34.3 Å². The number of carbonyl (C=O) groups excluding carboxylic acids is 1. The smallest absolute Gasteiger partial charge is 0.263 e. The minimum Gasteiger partial charge on any atom is -0.456 e. The molecule has 0 radical (unpaired) electrons. The van der Waals surface area contributed by atoms with Crippen LogP contribution in [0.25, 0.3) is 28.2 Å². The molecule has 1 N–H and O–H groups in total. The Morgan fingerprint density at radius 1 is 1.28 bits per heavy atom.